The molecule has 1 rings (SSSR count). The van der Waals surface area contributed by atoms with Gasteiger partial charge in [-0.3, -0.25) is 4.79 Å². The van der Waals surface area contributed by atoms with Gasteiger partial charge in [0, 0.05) is 25.6 Å². The molecule has 0 aromatic rings. The Hall–Kier alpha value is -0.570. The molecule has 0 saturated carbocycles. The zero-order chi connectivity index (χ0) is 12.2. The van der Waals surface area contributed by atoms with Crippen LogP contribution in [0.1, 0.15) is 52.9 Å². The predicted octanol–water partition coefficient (Wildman–Crippen LogP) is 2.15. The van der Waals surface area contributed by atoms with Gasteiger partial charge in [0.2, 0.25) is 5.91 Å². The molecule has 1 unspecified atom stereocenters. The number of nitrogens with zero attached hydrogens (tertiary/aromatic N) is 1. The van der Waals surface area contributed by atoms with Gasteiger partial charge in [0.15, 0.2) is 0 Å². The lowest BCUT2D eigenvalue weighted by Crippen LogP contribution is -2.36. The number of hydrogen-bond acceptors (Lipinski definition) is 2. The van der Waals surface area contributed by atoms with E-state index in [1.165, 1.54) is 6.42 Å². The van der Waals surface area contributed by atoms with Crippen molar-refractivity contribution in [3.63, 3.8) is 0 Å². The molecule has 3 heteroatoms. The monoisotopic (exact) mass is 226 g/mol. The van der Waals surface area contributed by atoms with Crippen LogP contribution in [0, 0.1) is 5.41 Å². The number of carbonyl (C=O) groups excluding carboxylic acids is 1. The maximum absolute atomic E-state index is 12.0. The van der Waals surface area contributed by atoms with Gasteiger partial charge in [-0.05, 0) is 31.1 Å². The highest BCUT2D eigenvalue weighted by atomic mass is 16.2. The minimum Gasteiger partial charge on any atom is -0.343 e. The smallest absolute Gasteiger partial charge is 0.224 e. The SMILES string of the molecule is CCC(N)CC(=O)N1CCCC(C)(C)CC1. The summed E-state index contributed by atoms with van der Waals surface area (Å²) in [7, 11) is 0. The van der Waals surface area contributed by atoms with Gasteiger partial charge in [0.1, 0.15) is 0 Å². The van der Waals surface area contributed by atoms with Gasteiger partial charge in [-0.2, -0.15) is 0 Å². The first-order chi connectivity index (χ1) is 7.44. The molecular formula is C13H26N2O. The zero-order valence-electron chi connectivity index (χ0n) is 11.0. The normalized spacial score (nSPS) is 22.6. The van der Waals surface area contributed by atoms with Crippen LogP contribution in [0.4, 0.5) is 0 Å². The van der Waals surface area contributed by atoms with Crippen molar-refractivity contribution in [2.24, 2.45) is 11.1 Å². The van der Waals surface area contributed by atoms with E-state index in [-0.39, 0.29) is 11.9 Å². The quantitative estimate of drug-likeness (QED) is 0.801. The fraction of sp³-hybridized carbons (Fsp3) is 0.923. The van der Waals surface area contributed by atoms with Crippen LogP contribution in [0.25, 0.3) is 0 Å². The number of rotatable bonds is 3. The molecule has 1 aliphatic heterocycles. The van der Waals surface area contributed by atoms with E-state index in [2.05, 4.69) is 13.8 Å². The highest BCUT2D eigenvalue weighted by molar-refractivity contribution is 5.76. The highest BCUT2D eigenvalue weighted by Crippen LogP contribution is 2.29. The molecule has 1 atom stereocenters. The number of carbonyl (C=O) groups is 1. The largest absolute Gasteiger partial charge is 0.343 e. The van der Waals surface area contributed by atoms with Crippen LogP contribution in [-0.4, -0.2) is 29.9 Å². The Morgan fingerprint density at radius 2 is 2.06 bits per heavy atom. The lowest BCUT2D eigenvalue weighted by molar-refractivity contribution is -0.131. The average molecular weight is 226 g/mol. The summed E-state index contributed by atoms with van der Waals surface area (Å²) < 4.78 is 0. The lowest BCUT2D eigenvalue weighted by Gasteiger charge is -2.24. The first-order valence-electron chi connectivity index (χ1n) is 6.48. The molecule has 3 nitrogen and oxygen atoms in total. The molecule has 1 aliphatic rings. The first-order valence-corrected chi connectivity index (χ1v) is 6.48. The Morgan fingerprint density at radius 3 is 2.69 bits per heavy atom. The fourth-order valence-corrected chi connectivity index (χ4v) is 2.17. The summed E-state index contributed by atoms with van der Waals surface area (Å²) in [6, 6.07) is 0.0313. The highest BCUT2D eigenvalue weighted by Gasteiger charge is 2.25. The summed E-state index contributed by atoms with van der Waals surface area (Å²) in [5.74, 6) is 0.243. The maximum atomic E-state index is 12.0. The summed E-state index contributed by atoms with van der Waals surface area (Å²) >= 11 is 0. The number of amides is 1. The molecule has 0 aromatic heterocycles. The molecule has 16 heavy (non-hydrogen) atoms. The Labute approximate surface area is 99.4 Å². The van der Waals surface area contributed by atoms with Crippen molar-refractivity contribution in [3.05, 3.63) is 0 Å². The van der Waals surface area contributed by atoms with Gasteiger partial charge in [0.05, 0.1) is 0 Å². The van der Waals surface area contributed by atoms with E-state index in [0.29, 0.717) is 11.8 Å². The Kier molecular flexibility index (Phi) is 4.78. The molecule has 1 saturated heterocycles. The molecule has 0 spiro atoms. The van der Waals surface area contributed by atoms with Crippen LogP contribution < -0.4 is 5.73 Å². The molecule has 2 N–H and O–H groups in total. The summed E-state index contributed by atoms with van der Waals surface area (Å²) in [6.45, 7) is 8.43. The van der Waals surface area contributed by atoms with Crippen molar-refractivity contribution in [1.82, 2.24) is 4.90 Å². The third-order valence-electron chi connectivity index (χ3n) is 3.65. The Bertz CT molecular complexity index is 238. The van der Waals surface area contributed by atoms with Gasteiger partial charge in [-0.25, -0.2) is 0 Å². The van der Waals surface area contributed by atoms with E-state index >= 15 is 0 Å². The van der Waals surface area contributed by atoms with E-state index in [1.807, 2.05) is 11.8 Å². The zero-order valence-corrected chi connectivity index (χ0v) is 11.0. The van der Waals surface area contributed by atoms with Gasteiger partial charge in [-0.1, -0.05) is 20.8 Å². The Balaban J connectivity index is 2.45. The maximum Gasteiger partial charge on any atom is 0.224 e. The number of likely N-dealkylation sites (tertiary alicyclic amines) is 1. The Morgan fingerprint density at radius 1 is 1.38 bits per heavy atom. The molecule has 0 radical (unpaired) electrons. The number of hydrogen-bond donors (Lipinski definition) is 1. The van der Waals surface area contributed by atoms with Crippen molar-refractivity contribution in [1.29, 1.82) is 0 Å². The van der Waals surface area contributed by atoms with Gasteiger partial charge >= 0.3 is 0 Å². The molecule has 1 heterocycles. The third kappa shape index (κ3) is 4.12. The topological polar surface area (TPSA) is 46.3 Å². The van der Waals surface area contributed by atoms with E-state index in [4.69, 9.17) is 5.73 Å². The average Bonchev–Trinajstić information content (AvgIpc) is 2.39. The molecule has 94 valence electrons. The van der Waals surface area contributed by atoms with Crippen LogP contribution in [0.5, 0.6) is 0 Å². The third-order valence-corrected chi connectivity index (χ3v) is 3.65. The van der Waals surface area contributed by atoms with Crippen molar-refractivity contribution in [3.8, 4) is 0 Å². The minimum absolute atomic E-state index is 0.0313. The van der Waals surface area contributed by atoms with Crippen molar-refractivity contribution in [2.75, 3.05) is 13.1 Å². The summed E-state index contributed by atoms with van der Waals surface area (Å²) in [6.07, 6.45) is 4.85. The first kappa shape index (κ1) is 13.5. The molecule has 1 amide bonds. The van der Waals surface area contributed by atoms with Crippen molar-refractivity contribution < 1.29 is 4.79 Å². The molecule has 0 bridgehead atoms. The lowest BCUT2D eigenvalue weighted by atomic mass is 9.85. The summed E-state index contributed by atoms with van der Waals surface area (Å²) in [5.41, 5.74) is 6.22. The predicted molar refractivity (Wildman–Crippen MR) is 67.1 cm³/mol. The van der Waals surface area contributed by atoms with E-state index in [1.54, 1.807) is 0 Å². The van der Waals surface area contributed by atoms with E-state index in [9.17, 15) is 4.79 Å². The van der Waals surface area contributed by atoms with Gasteiger partial charge in [-0.15, -0.1) is 0 Å². The fourth-order valence-electron chi connectivity index (χ4n) is 2.17. The second-order valence-corrected chi connectivity index (χ2v) is 5.77. The number of nitrogens with two attached hydrogens (primary N) is 1. The van der Waals surface area contributed by atoms with Gasteiger partial charge < -0.3 is 10.6 Å². The van der Waals surface area contributed by atoms with Crippen LogP contribution in [-0.2, 0) is 4.79 Å². The van der Waals surface area contributed by atoms with Crippen molar-refractivity contribution in [2.45, 2.75) is 58.9 Å². The standard InChI is InChI=1S/C13H26N2O/c1-4-11(14)10-12(16)15-8-5-6-13(2,3)7-9-15/h11H,4-10,14H2,1-3H3. The van der Waals surface area contributed by atoms with Crippen LogP contribution in [0.3, 0.4) is 0 Å². The summed E-state index contributed by atoms with van der Waals surface area (Å²) in [5, 5.41) is 0. The van der Waals surface area contributed by atoms with Crippen LogP contribution in [0.2, 0.25) is 0 Å². The van der Waals surface area contributed by atoms with Gasteiger partial charge in [0.25, 0.3) is 0 Å². The van der Waals surface area contributed by atoms with Crippen LogP contribution >= 0.6 is 0 Å². The summed E-state index contributed by atoms with van der Waals surface area (Å²) in [4.78, 5) is 14.0. The molecular weight excluding hydrogens is 200 g/mol. The second kappa shape index (κ2) is 5.67. The van der Waals surface area contributed by atoms with Crippen molar-refractivity contribution >= 4 is 5.91 Å². The van der Waals surface area contributed by atoms with E-state index in [0.717, 1.165) is 32.4 Å². The molecule has 1 fully saturated rings. The molecule has 0 aliphatic carbocycles. The molecule has 0 aromatic carbocycles. The minimum atomic E-state index is 0.0313. The van der Waals surface area contributed by atoms with Crippen LogP contribution in [0.15, 0.2) is 0 Å². The van der Waals surface area contributed by atoms with E-state index < -0.39 is 0 Å². The second-order valence-electron chi connectivity index (χ2n) is 5.77.